The molecule has 2 aliphatic carbocycles. The third-order valence-corrected chi connectivity index (χ3v) is 8.10. The molecule has 1 atom stereocenters. The second-order valence-corrected chi connectivity index (χ2v) is 10.8. The number of carboxylic acids is 1. The number of aromatic carboxylic acids is 1. The summed E-state index contributed by atoms with van der Waals surface area (Å²) in [6.45, 7) is 3.44. The number of hydrogen-bond donors (Lipinski definition) is 2. The maximum atomic E-state index is 13.9. The zero-order chi connectivity index (χ0) is 24.4. The van der Waals surface area contributed by atoms with E-state index in [9.17, 15) is 18.7 Å². The van der Waals surface area contributed by atoms with Crippen molar-refractivity contribution in [3.8, 4) is 5.75 Å². The number of ether oxygens (including phenoxy) is 1. The van der Waals surface area contributed by atoms with Crippen LogP contribution in [0.25, 0.3) is 10.9 Å². The van der Waals surface area contributed by atoms with E-state index in [-0.39, 0.29) is 36.0 Å². The largest absolute Gasteiger partial charge is 0.490 e. The SMILES string of the molecule is Cc1cc(OC2CC2)c(CN2CCC3(C[C@H]2c2ccc(C(=O)O)cc2)CC(F)(F)C3)c2cc[nH]c12. The van der Waals surface area contributed by atoms with E-state index in [0.717, 1.165) is 52.6 Å². The Bertz CT molecular complexity index is 1270. The van der Waals surface area contributed by atoms with Crippen molar-refractivity contribution in [3.05, 3.63) is 64.8 Å². The smallest absolute Gasteiger partial charge is 0.335 e. The molecule has 3 aliphatic rings. The van der Waals surface area contributed by atoms with Crippen LogP contribution in [0.3, 0.4) is 0 Å². The number of rotatable bonds is 6. The van der Waals surface area contributed by atoms with Crippen molar-refractivity contribution in [3.63, 3.8) is 0 Å². The molecule has 1 spiro atoms. The Hall–Kier alpha value is -2.93. The van der Waals surface area contributed by atoms with Crippen LogP contribution in [0.15, 0.2) is 42.6 Å². The van der Waals surface area contributed by atoms with E-state index >= 15 is 0 Å². The van der Waals surface area contributed by atoms with Gasteiger partial charge >= 0.3 is 5.97 Å². The number of carbonyl (C=O) groups is 1. The number of likely N-dealkylation sites (tertiary alicyclic amines) is 1. The van der Waals surface area contributed by atoms with Gasteiger partial charge in [-0.2, -0.15) is 0 Å². The van der Waals surface area contributed by atoms with Crippen molar-refractivity contribution in [2.75, 3.05) is 6.54 Å². The number of carboxylic acid groups (broad SMARTS) is 1. The van der Waals surface area contributed by atoms with Crippen molar-refractivity contribution in [1.29, 1.82) is 0 Å². The molecule has 1 saturated heterocycles. The molecular formula is C28H30F2N2O3. The van der Waals surface area contributed by atoms with Gasteiger partial charge in [-0.05, 0) is 80.0 Å². The third-order valence-electron chi connectivity index (χ3n) is 8.10. The van der Waals surface area contributed by atoms with Gasteiger partial charge in [0.05, 0.1) is 11.7 Å². The number of nitrogens with one attached hydrogen (secondary N) is 1. The van der Waals surface area contributed by atoms with E-state index < -0.39 is 11.9 Å². The van der Waals surface area contributed by atoms with Gasteiger partial charge in [0.25, 0.3) is 0 Å². The topological polar surface area (TPSA) is 65.6 Å². The summed E-state index contributed by atoms with van der Waals surface area (Å²) in [6.07, 6.45) is 5.64. The first kappa shape index (κ1) is 22.5. The number of H-pyrrole nitrogens is 1. The number of nitrogens with zero attached hydrogens (tertiary/aromatic N) is 1. The molecule has 7 heteroatoms. The lowest BCUT2D eigenvalue weighted by Gasteiger charge is -2.54. The van der Waals surface area contributed by atoms with Crippen LogP contribution < -0.4 is 4.74 Å². The van der Waals surface area contributed by atoms with Crippen LogP contribution in [0.2, 0.25) is 0 Å². The van der Waals surface area contributed by atoms with E-state index in [4.69, 9.17) is 4.74 Å². The van der Waals surface area contributed by atoms with Gasteiger partial charge in [0.1, 0.15) is 5.75 Å². The number of fused-ring (bicyclic) bond motifs is 1. The summed E-state index contributed by atoms with van der Waals surface area (Å²) < 4.78 is 34.2. The van der Waals surface area contributed by atoms with Crippen LogP contribution in [0.5, 0.6) is 5.75 Å². The van der Waals surface area contributed by atoms with E-state index in [1.807, 2.05) is 18.3 Å². The first-order valence-corrected chi connectivity index (χ1v) is 12.4. The number of benzene rings is 2. The van der Waals surface area contributed by atoms with Crippen LogP contribution in [-0.4, -0.2) is 39.5 Å². The second kappa shape index (κ2) is 8.05. The second-order valence-electron chi connectivity index (χ2n) is 10.8. The fourth-order valence-electron chi connectivity index (χ4n) is 6.18. The summed E-state index contributed by atoms with van der Waals surface area (Å²) >= 11 is 0. The Kier molecular flexibility index (Phi) is 5.18. The Morgan fingerprint density at radius 3 is 2.60 bits per heavy atom. The lowest BCUT2D eigenvalue weighted by atomic mass is 9.59. The summed E-state index contributed by atoms with van der Waals surface area (Å²) in [5.74, 6) is -2.63. The quantitative estimate of drug-likeness (QED) is 0.425. The molecule has 0 amide bonds. The maximum Gasteiger partial charge on any atom is 0.335 e. The minimum absolute atomic E-state index is 0.0554. The molecule has 1 aliphatic heterocycles. The van der Waals surface area contributed by atoms with E-state index in [0.29, 0.717) is 19.5 Å². The van der Waals surface area contributed by atoms with Crippen molar-refractivity contribution in [1.82, 2.24) is 9.88 Å². The first-order chi connectivity index (χ1) is 16.7. The molecule has 5 nitrogen and oxygen atoms in total. The van der Waals surface area contributed by atoms with Gasteiger partial charge in [0.15, 0.2) is 0 Å². The number of piperidine rings is 1. The molecule has 0 bridgehead atoms. The number of hydrogen-bond acceptors (Lipinski definition) is 3. The van der Waals surface area contributed by atoms with Gasteiger partial charge in [-0.1, -0.05) is 12.1 Å². The van der Waals surface area contributed by atoms with Crippen LogP contribution in [-0.2, 0) is 6.54 Å². The molecule has 2 saturated carbocycles. The standard InChI is InChI=1S/C28H30F2N2O3/c1-17-12-24(35-20-6-7-20)22(21-8-10-31-25(17)21)14-32-11-9-27(15-28(29,30)16-27)13-23(32)18-2-4-19(5-3-18)26(33)34/h2-5,8,10,12,20,23,31H,6-7,9,11,13-16H2,1H3,(H,33,34)/t23-/m0/s1. The number of aromatic amines is 1. The summed E-state index contributed by atoms with van der Waals surface area (Å²) in [5, 5.41) is 10.5. The zero-order valence-electron chi connectivity index (χ0n) is 19.8. The molecule has 3 fully saturated rings. The molecule has 3 aromatic rings. The van der Waals surface area contributed by atoms with Crippen molar-refractivity contribution in [2.24, 2.45) is 5.41 Å². The third kappa shape index (κ3) is 4.20. The molecular weight excluding hydrogens is 450 g/mol. The molecule has 2 heterocycles. The Balaban J connectivity index is 1.36. The van der Waals surface area contributed by atoms with E-state index in [2.05, 4.69) is 28.9 Å². The van der Waals surface area contributed by atoms with Crippen molar-refractivity contribution < 1.29 is 23.4 Å². The number of aromatic nitrogens is 1. The van der Waals surface area contributed by atoms with E-state index in [1.54, 1.807) is 12.1 Å². The number of alkyl halides is 2. The molecule has 6 rings (SSSR count). The van der Waals surface area contributed by atoms with Crippen LogP contribution in [0.1, 0.15) is 71.6 Å². The zero-order valence-corrected chi connectivity index (χ0v) is 19.8. The summed E-state index contributed by atoms with van der Waals surface area (Å²) in [4.78, 5) is 17.1. The maximum absolute atomic E-state index is 13.9. The summed E-state index contributed by atoms with van der Waals surface area (Å²) in [6, 6.07) is 11.1. The molecule has 2 N–H and O–H groups in total. The average Bonchev–Trinajstić information content (AvgIpc) is 3.47. The molecule has 0 radical (unpaired) electrons. The summed E-state index contributed by atoms with van der Waals surface area (Å²) in [5.41, 5.74) is 4.22. The van der Waals surface area contributed by atoms with E-state index in [1.165, 1.54) is 0 Å². The molecule has 2 aromatic carbocycles. The minimum atomic E-state index is -2.57. The monoisotopic (exact) mass is 480 g/mol. The fourth-order valence-corrected chi connectivity index (χ4v) is 6.18. The van der Waals surface area contributed by atoms with Crippen LogP contribution in [0.4, 0.5) is 8.78 Å². The van der Waals surface area contributed by atoms with Gasteiger partial charge in [-0.3, -0.25) is 4.90 Å². The van der Waals surface area contributed by atoms with Crippen LogP contribution in [0, 0.1) is 12.3 Å². The average molecular weight is 481 g/mol. The fraction of sp³-hybridized carbons (Fsp3) is 0.464. The van der Waals surface area contributed by atoms with Crippen molar-refractivity contribution in [2.45, 2.75) is 70.1 Å². The van der Waals surface area contributed by atoms with Gasteiger partial charge < -0.3 is 14.8 Å². The Morgan fingerprint density at radius 1 is 1.20 bits per heavy atom. The molecule has 35 heavy (non-hydrogen) atoms. The summed E-state index contributed by atoms with van der Waals surface area (Å²) in [7, 11) is 0. The van der Waals surface area contributed by atoms with Gasteiger partial charge in [0.2, 0.25) is 5.92 Å². The van der Waals surface area contributed by atoms with Crippen molar-refractivity contribution >= 4 is 16.9 Å². The highest BCUT2D eigenvalue weighted by Gasteiger charge is 2.58. The van der Waals surface area contributed by atoms with Crippen LogP contribution >= 0.6 is 0 Å². The molecule has 0 unspecified atom stereocenters. The predicted molar refractivity (Wildman–Crippen MR) is 129 cm³/mol. The lowest BCUT2D eigenvalue weighted by molar-refractivity contribution is -0.186. The Morgan fingerprint density at radius 2 is 1.94 bits per heavy atom. The predicted octanol–water partition coefficient (Wildman–Crippen LogP) is 6.47. The number of halogens is 2. The highest BCUT2D eigenvalue weighted by Crippen LogP contribution is 2.60. The molecule has 184 valence electrons. The Labute approximate surface area is 203 Å². The highest BCUT2D eigenvalue weighted by atomic mass is 19.3. The highest BCUT2D eigenvalue weighted by molar-refractivity contribution is 5.88. The lowest BCUT2D eigenvalue weighted by Crippen LogP contribution is -2.53. The van der Waals surface area contributed by atoms with Gasteiger partial charge in [0, 0.05) is 48.1 Å². The minimum Gasteiger partial charge on any atom is -0.490 e. The van der Waals surface area contributed by atoms with Gasteiger partial charge in [-0.25, -0.2) is 13.6 Å². The molecule has 1 aromatic heterocycles. The van der Waals surface area contributed by atoms with Gasteiger partial charge in [-0.15, -0.1) is 0 Å². The number of aryl methyl sites for hydroxylation is 1. The normalized spacial score (nSPS) is 23.3. The first-order valence-electron chi connectivity index (χ1n) is 12.4.